The van der Waals surface area contributed by atoms with Gasteiger partial charge in [0.2, 0.25) is 5.91 Å². The Hall–Kier alpha value is -0.710. The van der Waals surface area contributed by atoms with Gasteiger partial charge in [0.15, 0.2) is 0 Å². The Morgan fingerprint density at radius 1 is 1.24 bits per heavy atom. The van der Waals surface area contributed by atoms with E-state index in [-0.39, 0.29) is 17.2 Å². The SMILES string of the molecule is CCCC1SCC(C(=O)O)N1C(=O)C1C2C3CCC(C3)C12. The number of carboxylic acid groups (broad SMARTS) is 1. The molecule has 6 unspecified atom stereocenters. The predicted molar refractivity (Wildman–Crippen MR) is 80.7 cm³/mol. The maximum Gasteiger partial charge on any atom is 0.327 e. The molecule has 5 heteroatoms. The van der Waals surface area contributed by atoms with Crippen molar-refractivity contribution in [2.75, 3.05) is 5.75 Å². The number of fused-ring (bicyclic) bond motifs is 5. The molecule has 0 aromatic carbocycles. The summed E-state index contributed by atoms with van der Waals surface area (Å²) in [5.74, 6) is 2.77. The van der Waals surface area contributed by atoms with Crippen LogP contribution in [0.15, 0.2) is 0 Å². The van der Waals surface area contributed by atoms with Crippen molar-refractivity contribution in [3.8, 4) is 0 Å². The summed E-state index contributed by atoms with van der Waals surface area (Å²) in [4.78, 5) is 26.2. The van der Waals surface area contributed by atoms with Crippen LogP contribution in [0.3, 0.4) is 0 Å². The van der Waals surface area contributed by atoms with Gasteiger partial charge in [-0.05, 0) is 49.4 Å². The molecule has 3 saturated carbocycles. The van der Waals surface area contributed by atoms with Crippen LogP contribution in [0.25, 0.3) is 0 Å². The fourth-order valence-electron chi connectivity index (χ4n) is 5.35. The quantitative estimate of drug-likeness (QED) is 0.866. The van der Waals surface area contributed by atoms with Gasteiger partial charge >= 0.3 is 5.97 Å². The van der Waals surface area contributed by atoms with Crippen LogP contribution in [-0.4, -0.2) is 39.1 Å². The molecule has 1 N–H and O–H groups in total. The highest BCUT2D eigenvalue weighted by Gasteiger charge is 2.68. The lowest BCUT2D eigenvalue weighted by Crippen LogP contribution is -2.47. The van der Waals surface area contributed by atoms with E-state index in [2.05, 4.69) is 6.92 Å². The second kappa shape index (κ2) is 4.90. The van der Waals surface area contributed by atoms with E-state index in [0.717, 1.165) is 24.7 Å². The van der Waals surface area contributed by atoms with Gasteiger partial charge in [-0.15, -0.1) is 11.8 Å². The van der Waals surface area contributed by atoms with Crippen LogP contribution in [0.4, 0.5) is 0 Å². The van der Waals surface area contributed by atoms with Crippen LogP contribution in [0.1, 0.15) is 39.0 Å². The maximum atomic E-state index is 13.0. The van der Waals surface area contributed by atoms with E-state index in [0.29, 0.717) is 17.6 Å². The zero-order chi connectivity index (χ0) is 14.7. The Morgan fingerprint density at radius 2 is 1.90 bits per heavy atom. The summed E-state index contributed by atoms with van der Waals surface area (Å²) in [6.45, 7) is 2.10. The van der Waals surface area contributed by atoms with Gasteiger partial charge in [-0.2, -0.15) is 0 Å². The number of hydrogen-bond donors (Lipinski definition) is 1. The predicted octanol–water partition coefficient (Wildman–Crippen LogP) is 2.43. The van der Waals surface area contributed by atoms with E-state index < -0.39 is 12.0 Å². The number of hydrogen-bond acceptors (Lipinski definition) is 3. The second-order valence-electron chi connectivity index (χ2n) is 7.19. The van der Waals surface area contributed by atoms with E-state index in [9.17, 15) is 14.7 Å². The summed E-state index contributed by atoms with van der Waals surface area (Å²) in [5.41, 5.74) is 0. The van der Waals surface area contributed by atoms with Crippen LogP contribution in [0, 0.1) is 29.6 Å². The Labute approximate surface area is 129 Å². The van der Waals surface area contributed by atoms with E-state index in [1.54, 1.807) is 16.7 Å². The van der Waals surface area contributed by atoms with Crippen LogP contribution < -0.4 is 0 Å². The first kappa shape index (κ1) is 13.9. The monoisotopic (exact) mass is 309 g/mol. The van der Waals surface area contributed by atoms with Crippen molar-refractivity contribution in [3.63, 3.8) is 0 Å². The first-order chi connectivity index (χ1) is 10.1. The zero-order valence-corrected chi connectivity index (χ0v) is 13.2. The highest BCUT2D eigenvalue weighted by molar-refractivity contribution is 8.00. The molecule has 1 saturated heterocycles. The normalized spacial score (nSPS) is 46.7. The highest BCUT2D eigenvalue weighted by Crippen LogP contribution is 2.70. The number of amides is 1. The Kier molecular flexibility index (Phi) is 3.25. The van der Waals surface area contributed by atoms with Crippen molar-refractivity contribution in [2.24, 2.45) is 29.6 Å². The van der Waals surface area contributed by atoms with Crippen LogP contribution in [0.2, 0.25) is 0 Å². The average Bonchev–Trinajstić information content (AvgIpc) is 2.81. The summed E-state index contributed by atoms with van der Waals surface area (Å²) in [6, 6.07) is -0.599. The topological polar surface area (TPSA) is 57.6 Å². The molecule has 21 heavy (non-hydrogen) atoms. The molecule has 116 valence electrons. The molecule has 0 radical (unpaired) electrons. The first-order valence-corrected chi connectivity index (χ1v) is 9.35. The molecule has 6 atom stereocenters. The Bertz CT molecular complexity index is 466. The third-order valence-corrected chi connectivity index (χ3v) is 7.54. The lowest BCUT2D eigenvalue weighted by Gasteiger charge is -2.28. The fourth-order valence-corrected chi connectivity index (χ4v) is 6.87. The standard InChI is InChI=1S/C16H23NO3S/c1-2-3-11-17(10(7-21-11)16(19)20)15(18)14-12-8-4-5-9(6-8)13(12)14/h8-14H,2-7H2,1H3,(H,19,20). The molecule has 1 aliphatic heterocycles. The molecule has 0 aromatic heterocycles. The van der Waals surface area contributed by atoms with Crippen molar-refractivity contribution in [2.45, 2.75) is 50.4 Å². The molecule has 1 heterocycles. The average molecular weight is 309 g/mol. The lowest BCUT2D eigenvalue weighted by molar-refractivity contribution is -0.150. The third-order valence-electron chi connectivity index (χ3n) is 6.19. The van der Waals surface area contributed by atoms with Crippen molar-refractivity contribution in [1.82, 2.24) is 4.90 Å². The number of rotatable bonds is 4. The van der Waals surface area contributed by atoms with Crippen molar-refractivity contribution < 1.29 is 14.7 Å². The Balaban J connectivity index is 1.53. The smallest absolute Gasteiger partial charge is 0.327 e. The minimum absolute atomic E-state index is 0.0857. The van der Waals surface area contributed by atoms with Crippen molar-refractivity contribution in [1.29, 1.82) is 0 Å². The van der Waals surface area contributed by atoms with Gasteiger partial charge < -0.3 is 10.0 Å². The van der Waals surface area contributed by atoms with Crippen molar-refractivity contribution in [3.05, 3.63) is 0 Å². The van der Waals surface area contributed by atoms with Crippen LogP contribution >= 0.6 is 11.8 Å². The number of carboxylic acids is 1. The van der Waals surface area contributed by atoms with Gasteiger partial charge in [0, 0.05) is 11.7 Å². The zero-order valence-electron chi connectivity index (χ0n) is 12.4. The van der Waals surface area contributed by atoms with E-state index in [4.69, 9.17) is 0 Å². The molecule has 2 bridgehead atoms. The highest BCUT2D eigenvalue weighted by atomic mass is 32.2. The van der Waals surface area contributed by atoms with Crippen molar-refractivity contribution >= 4 is 23.6 Å². The largest absolute Gasteiger partial charge is 0.480 e. The van der Waals surface area contributed by atoms with Crippen LogP contribution in [-0.2, 0) is 9.59 Å². The molecule has 1 amide bonds. The number of carbonyl (C=O) groups is 2. The Morgan fingerprint density at radius 3 is 2.48 bits per heavy atom. The summed E-state index contributed by atoms with van der Waals surface area (Å²) in [7, 11) is 0. The van der Waals surface area contributed by atoms with Gasteiger partial charge in [-0.3, -0.25) is 4.79 Å². The molecule has 4 nitrogen and oxygen atoms in total. The number of aliphatic carboxylic acids is 1. The maximum absolute atomic E-state index is 13.0. The lowest BCUT2D eigenvalue weighted by atomic mass is 10.0. The van der Waals surface area contributed by atoms with Gasteiger partial charge in [-0.25, -0.2) is 4.79 Å². The second-order valence-corrected chi connectivity index (χ2v) is 8.40. The van der Waals surface area contributed by atoms with E-state index >= 15 is 0 Å². The summed E-state index contributed by atoms with van der Waals surface area (Å²) >= 11 is 1.65. The van der Waals surface area contributed by atoms with Gasteiger partial charge in [-0.1, -0.05) is 13.3 Å². The molecule has 0 spiro atoms. The number of thioether (sulfide) groups is 1. The molecule has 4 fully saturated rings. The van der Waals surface area contributed by atoms with Crippen LogP contribution in [0.5, 0.6) is 0 Å². The summed E-state index contributed by atoms with van der Waals surface area (Å²) in [5, 5.41) is 9.52. The van der Waals surface area contributed by atoms with Gasteiger partial charge in [0.05, 0.1) is 5.37 Å². The summed E-state index contributed by atoms with van der Waals surface area (Å²) in [6.07, 6.45) is 5.83. The van der Waals surface area contributed by atoms with Gasteiger partial charge in [0.1, 0.15) is 6.04 Å². The molecule has 4 rings (SSSR count). The molecule has 0 aromatic rings. The summed E-state index contributed by atoms with van der Waals surface area (Å²) < 4.78 is 0. The minimum Gasteiger partial charge on any atom is -0.480 e. The first-order valence-electron chi connectivity index (χ1n) is 8.30. The number of carbonyl (C=O) groups excluding carboxylic acids is 1. The molecule has 4 aliphatic rings. The fraction of sp³-hybridized carbons (Fsp3) is 0.875. The third kappa shape index (κ3) is 1.96. The van der Waals surface area contributed by atoms with E-state index in [1.165, 1.54) is 19.3 Å². The molecule has 3 aliphatic carbocycles. The number of nitrogens with zero attached hydrogens (tertiary/aromatic N) is 1. The molecular weight excluding hydrogens is 286 g/mol. The molecular formula is C16H23NO3S. The minimum atomic E-state index is -0.830. The van der Waals surface area contributed by atoms with Gasteiger partial charge in [0.25, 0.3) is 0 Å². The van der Waals surface area contributed by atoms with E-state index in [1.807, 2.05) is 0 Å².